The Hall–Kier alpha value is -4.66. The van der Waals surface area contributed by atoms with Gasteiger partial charge < -0.3 is 13.9 Å². The first kappa shape index (κ1) is 21.8. The quantitative estimate of drug-likeness (QED) is 0.292. The van der Waals surface area contributed by atoms with Crippen LogP contribution in [0.5, 0.6) is 0 Å². The molecule has 2 aromatic carbocycles. The standard InChI is InChI=1S/C27H22N4O5/c32-25(17-29(19-12-13-19)27(33)18-6-3-7-20(16-18)31(34)35)30-22-9-2-1-8-21(22)28-14-4-10-23(28)26(30)24-11-5-15-36-24/h1-11,14-16,19,26H,12-13,17H2. The van der Waals surface area contributed by atoms with Crippen LogP contribution < -0.4 is 4.90 Å². The molecule has 36 heavy (non-hydrogen) atoms. The maximum atomic E-state index is 14.0. The number of nitro benzene ring substituents is 1. The summed E-state index contributed by atoms with van der Waals surface area (Å²) in [6.45, 7) is -0.154. The van der Waals surface area contributed by atoms with E-state index in [0.717, 1.165) is 24.2 Å². The molecule has 9 nitrogen and oxygen atoms in total. The van der Waals surface area contributed by atoms with Crippen LogP contribution in [0.1, 0.15) is 40.7 Å². The maximum Gasteiger partial charge on any atom is 0.270 e. The molecular formula is C27H22N4O5. The molecule has 0 N–H and O–H groups in total. The van der Waals surface area contributed by atoms with Crippen LogP contribution in [0.2, 0.25) is 0 Å². The summed E-state index contributed by atoms with van der Waals surface area (Å²) in [7, 11) is 0. The molecule has 0 radical (unpaired) electrons. The Morgan fingerprint density at radius 3 is 2.53 bits per heavy atom. The van der Waals surface area contributed by atoms with Crippen molar-refractivity contribution in [2.45, 2.75) is 24.9 Å². The van der Waals surface area contributed by atoms with E-state index in [2.05, 4.69) is 0 Å². The van der Waals surface area contributed by atoms with Crippen molar-refractivity contribution in [2.24, 2.45) is 0 Å². The highest BCUT2D eigenvalue weighted by molar-refractivity contribution is 6.03. The van der Waals surface area contributed by atoms with E-state index in [1.807, 2.05) is 53.2 Å². The number of benzene rings is 2. The Bertz CT molecular complexity index is 1470. The first-order valence-corrected chi connectivity index (χ1v) is 11.7. The second-order valence-electron chi connectivity index (χ2n) is 8.95. The molecule has 1 atom stereocenters. The first-order chi connectivity index (χ1) is 17.5. The summed E-state index contributed by atoms with van der Waals surface area (Å²) in [6.07, 6.45) is 5.10. The third-order valence-electron chi connectivity index (χ3n) is 6.66. The zero-order valence-corrected chi connectivity index (χ0v) is 19.2. The molecule has 1 unspecified atom stereocenters. The smallest absolute Gasteiger partial charge is 0.270 e. The molecule has 2 aliphatic rings. The van der Waals surface area contributed by atoms with Crippen LogP contribution >= 0.6 is 0 Å². The van der Waals surface area contributed by atoms with Gasteiger partial charge in [-0.1, -0.05) is 18.2 Å². The first-order valence-electron chi connectivity index (χ1n) is 11.7. The van der Waals surface area contributed by atoms with Crippen LogP contribution in [0.4, 0.5) is 11.4 Å². The molecule has 4 aromatic rings. The van der Waals surface area contributed by atoms with Gasteiger partial charge >= 0.3 is 0 Å². The summed E-state index contributed by atoms with van der Waals surface area (Å²) in [6, 6.07) is 20.2. The topological polar surface area (TPSA) is 102 Å². The average molecular weight is 482 g/mol. The number of aromatic nitrogens is 1. The van der Waals surface area contributed by atoms with Gasteiger partial charge in [0, 0.05) is 29.9 Å². The lowest BCUT2D eigenvalue weighted by atomic mass is 10.0. The Morgan fingerprint density at radius 1 is 1.00 bits per heavy atom. The van der Waals surface area contributed by atoms with Gasteiger partial charge in [0.2, 0.25) is 5.91 Å². The summed E-state index contributed by atoms with van der Waals surface area (Å²) in [5, 5.41) is 11.2. The zero-order chi connectivity index (χ0) is 24.8. The third kappa shape index (κ3) is 3.65. The number of carbonyl (C=O) groups excluding carboxylic acids is 2. The number of amides is 2. The molecule has 180 valence electrons. The van der Waals surface area contributed by atoms with Gasteiger partial charge in [0.25, 0.3) is 11.6 Å². The summed E-state index contributed by atoms with van der Waals surface area (Å²) in [5.41, 5.74) is 2.48. The monoisotopic (exact) mass is 482 g/mol. The fourth-order valence-corrected chi connectivity index (χ4v) is 4.87. The van der Waals surface area contributed by atoms with Gasteiger partial charge in [0.1, 0.15) is 18.3 Å². The number of fused-ring (bicyclic) bond motifs is 3. The highest BCUT2D eigenvalue weighted by atomic mass is 16.6. The summed E-state index contributed by atoms with van der Waals surface area (Å²) >= 11 is 0. The molecule has 0 spiro atoms. The van der Waals surface area contributed by atoms with E-state index in [9.17, 15) is 19.7 Å². The van der Waals surface area contributed by atoms with Crippen LogP contribution in [0.25, 0.3) is 5.69 Å². The number of rotatable bonds is 6. The number of hydrogen-bond acceptors (Lipinski definition) is 5. The Balaban J connectivity index is 1.38. The van der Waals surface area contributed by atoms with E-state index in [1.165, 1.54) is 23.1 Å². The molecule has 3 heterocycles. The SMILES string of the molecule is O=C(c1cccc([N+](=O)[O-])c1)N(CC(=O)N1c2ccccc2-n2cccc2C1c1ccco1)C1CC1. The molecule has 1 saturated carbocycles. The number of nitro groups is 1. The number of furan rings is 1. The molecule has 0 saturated heterocycles. The van der Waals surface area contributed by atoms with Gasteiger partial charge in [0.05, 0.1) is 28.3 Å². The molecule has 1 aliphatic carbocycles. The lowest BCUT2D eigenvalue weighted by molar-refractivity contribution is -0.384. The molecule has 2 amide bonds. The molecule has 9 heteroatoms. The van der Waals surface area contributed by atoms with Gasteiger partial charge in [-0.05, 0) is 55.3 Å². The average Bonchev–Trinajstić information content (AvgIpc) is 3.37. The minimum absolute atomic E-state index is 0.0772. The number of carbonyl (C=O) groups is 2. The Kier molecular flexibility index (Phi) is 5.18. The predicted octanol–water partition coefficient (Wildman–Crippen LogP) is 4.72. The van der Waals surface area contributed by atoms with Crippen molar-refractivity contribution < 1.29 is 18.9 Å². The van der Waals surface area contributed by atoms with Crippen molar-refractivity contribution in [1.82, 2.24) is 9.47 Å². The highest BCUT2D eigenvalue weighted by Gasteiger charge is 2.41. The Labute approximate surface area is 206 Å². The normalized spacial score (nSPS) is 16.2. The minimum atomic E-state index is -0.531. The van der Waals surface area contributed by atoms with Gasteiger partial charge in [-0.15, -0.1) is 0 Å². The van der Waals surface area contributed by atoms with Crippen molar-refractivity contribution in [1.29, 1.82) is 0 Å². The lowest BCUT2D eigenvalue weighted by Gasteiger charge is -2.38. The van der Waals surface area contributed by atoms with E-state index in [4.69, 9.17) is 4.42 Å². The zero-order valence-electron chi connectivity index (χ0n) is 19.2. The Morgan fingerprint density at radius 2 is 1.81 bits per heavy atom. The fraction of sp³-hybridized carbons (Fsp3) is 0.185. The lowest BCUT2D eigenvalue weighted by Crippen LogP contribution is -2.47. The van der Waals surface area contributed by atoms with Gasteiger partial charge in [0.15, 0.2) is 0 Å². The van der Waals surface area contributed by atoms with E-state index in [0.29, 0.717) is 11.4 Å². The molecule has 1 aliphatic heterocycles. The van der Waals surface area contributed by atoms with Crippen molar-refractivity contribution in [2.75, 3.05) is 11.4 Å². The molecular weight excluding hydrogens is 460 g/mol. The van der Waals surface area contributed by atoms with E-state index >= 15 is 0 Å². The van der Waals surface area contributed by atoms with Crippen molar-refractivity contribution in [3.63, 3.8) is 0 Å². The van der Waals surface area contributed by atoms with Gasteiger partial charge in [-0.25, -0.2) is 0 Å². The van der Waals surface area contributed by atoms with Crippen molar-refractivity contribution >= 4 is 23.2 Å². The van der Waals surface area contributed by atoms with E-state index in [1.54, 1.807) is 23.3 Å². The molecule has 1 fully saturated rings. The van der Waals surface area contributed by atoms with Gasteiger partial charge in [-0.2, -0.15) is 0 Å². The number of hydrogen-bond donors (Lipinski definition) is 0. The van der Waals surface area contributed by atoms with Crippen LogP contribution in [-0.4, -0.2) is 38.8 Å². The van der Waals surface area contributed by atoms with Gasteiger partial charge in [-0.3, -0.25) is 24.6 Å². The van der Waals surface area contributed by atoms with E-state index in [-0.39, 0.29) is 29.7 Å². The largest absolute Gasteiger partial charge is 0.467 e. The number of non-ortho nitro benzene ring substituents is 1. The maximum absolute atomic E-state index is 14.0. The predicted molar refractivity (Wildman–Crippen MR) is 131 cm³/mol. The van der Waals surface area contributed by atoms with Crippen LogP contribution in [-0.2, 0) is 4.79 Å². The minimum Gasteiger partial charge on any atom is -0.467 e. The fourth-order valence-electron chi connectivity index (χ4n) is 4.87. The number of nitrogens with zero attached hydrogens (tertiary/aromatic N) is 4. The molecule has 6 rings (SSSR count). The number of anilines is 1. The third-order valence-corrected chi connectivity index (χ3v) is 6.66. The summed E-state index contributed by atoms with van der Waals surface area (Å²) in [4.78, 5) is 41.4. The second kappa shape index (κ2) is 8.53. The highest BCUT2D eigenvalue weighted by Crippen LogP contribution is 2.42. The van der Waals surface area contributed by atoms with E-state index < -0.39 is 16.9 Å². The summed E-state index contributed by atoms with van der Waals surface area (Å²) in [5.74, 6) is -0.0412. The van der Waals surface area contributed by atoms with Crippen LogP contribution in [0, 0.1) is 10.1 Å². The molecule has 0 bridgehead atoms. The van der Waals surface area contributed by atoms with Crippen molar-refractivity contribution in [3.8, 4) is 5.69 Å². The molecule has 2 aromatic heterocycles. The van der Waals surface area contributed by atoms with Crippen LogP contribution in [0.15, 0.2) is 89.7 Å². The second-order valence-corrected chi connectivity index (χ2v) is 8.95. The number of para-hydroxylation sites is 2. The summed E-state index contributed by atoms with van der Waals surface area (Å²) < 4.78 is 7.80. The van der Waals surface area contributed by atoms with Crippen molar-refractivity contribution in [3.05, 3.63) is 112 Å². The van der Waals surface area contributed by atoms with Crippen LogP contribution in [0.3, 0.4) is 0 Å².